The van der Waals surface area contributed by atoms with Crippen LogP contribution in [0, 0.1) is 11.7 Å². The molecule has 4 aromatic rings. The predicted octanol–water partition coefficient (Wildman–Crippen LogP) is 8.19. The Labute approximate surface area is 248 Å². The first-order valence-corrected chi connectivity index (χ1v) is 15.1. The third kappa shape index (κ3) is 8.54. The molecule has 0 spiro atoms. The first-order valence-electron chi connectivity index (χ1n) is 15.1. The number of halogens is 1. The highest BCUT2D eigenvalue weighted by Crippen LogP contribution is 2.24. The van der Waals surface area contributed by atoms with Crippen LogP contribution >= 0.6 is 0 Å². The molecule has 0 unspecified atom stereocenters. The number of ether oxygens (including phenoxy) is 2. The first kappa shape index (κ1) is 31.0. The molecule has 0 saturated heterocycles. The Kier molecular flexibility index (Phi) is 11.3. The predicted molar refractivity (Wildman–Crippen MR) is 165 cm³/mol. The van der Waals surface area contributed by atoms with E-state index in [1.807, 2.05) is 71.3 Å². The number of rotatable bonds is 16. The lowest BCUT2D eigenvalue weighted by Gasteiger charge is -2.09. The summed E-state index contributed by atoms with van der Waals surface area (Å²) in [6.45, 7) is 6.98. The lowest BCUT2D eigenvalue weighted by molar-refractivity contribution is -0.143. The molecule has 0 bridgehead atoms. The highest BCUT2D eigenvalue weighted by Gasteiger charge is 2.17. The Bertz CT molecular complexity index is 1470. The molecule has 0 atom stereocenters. The van der Waals surface area contributed by atoms with Crippen molar-refractivity contribution in [3.05, 3.63) is 107 Å². The standard InChI is InChI=1S/C36H42FNO4/c1-4-41-35(39)14-10-12-30-25-32(34-13-7-8-21-38(30)34)36(40)28-17-19-31(20-18-28)42-22-9-5-6-11-27-15-16-29(23-26(2)3)33(37)24-27/h7-8,13,15-21,24-26H,4-6,9-12,14,22-23H2,1-3H3. The summed E-state index contributed by atoms with van der Waals surface area (Å²) in [5.41, 5.74) is 4.92. The van der Waals surface area contributed by atoms with Gasteiger partial charge in [0.15, 0.2) is 5.78 Å². The average Bonchev–Trinajstić information content (AvgIpc) is 3.34. The van der Waals surface area contributed by atoms with Crippen LogP contribution in [0.2, 0.25) is 0 Å². The molecule has 4 rings (SSSR count). The van der Waals surface area contributed by atoms with Crippen molar-refractivity contribution in [3.8, 4) is 5.75 Å². The molecule has 0 amide bonds. The zero-order chi connectivity index (χ0) is 29.9. The van der Waals surface area contributed by atoms with Gasteiger partial charge in [-0.05, 0) is 117 Å². The number of ketones is 1. The minimum atomic E-state index is -0.198. The lowest BCUT2D eigenvalue weighted by Crippen LogP contribution is -2.04. The molecule has 2 aromatic heterocycles. The van der Waals surface area contributed by atoms with Crippen molar-refractivity contribution < 1.29 is 23.5 Å². The number of fused-ring (bicyclic) bond motifs is 1. The smallest absolute Gasteiger partial charge is 0.305 e. The minimum absolute atomic E-state index is 0.0458. The SMILES string of the molecule is CCOC(=O)CCCc1cc(C(=O)c2ccc(OCCCCCc3ccc(CC(C)C)c(F)c3)cc2)c2ccccn12. The number of unbranched alkanes of at least 4 members (excludes halogenated alkanes) is 2. The monoisotopic (exact) mass is 571 g/mol. The molecule has 0 N–H and O–H groups in total. The summed E-state index contributed by atoms with van der Waals surface area (Å²) in [6, 6.07) is 20.7. The van der Waals surface area contributed by atoms with Crippen molar-refractivity contribution in [2.75, 3.05) is 13.2 Å². The summed E-state index contributed by atoms with van der Waals surface area (Å²) in [4.78, 5) is 25.2. The number of carbonyl (C=O) groups excluding carboxylic acids is 2. The van der Waals surface area contributed by atoms with Gasteiger partial charge in [-0.2, -0.15) is 0 Å². The third-order valence-electron chi connectivity index (χ3n) is 7.36. The molecule has 0 aliphatic carbocycles. The van der Waals surface area contributed by atoms with E-state index < -0.39 is 0 Å². The summed E-state index contributed by atoms with van der Waals surface area (Å²) in [5, 5.41) is 0. The number of hydrogen-bond acceptors (Lipinski definition) is 4. The largest absolute Gasteiger partial charge is 0.494 e. The quantitative estimate of drug-likeness (QED) is 0.0773. The van der Waals surface area contributed by atoms with Crippen molar-refractivity contribution in [1.82, 2.24) is 4.40 Å². The number of aryl methyl sites for hydroxylation is 2. The van der Waals surface area contributed by atoms with Gasteiger partial charge >= 0.3 is 5.97 Å². The van der Waals surface area contributed by atoms with Crippen LogP contribution in [-0.4, -0.2) is 29.4 Å². The summed E-state index contributed by atoms with van der Waals surface area (Å²) in [5.74, 6) is 0.835. The van der Waals surface area contributed by atoms with E-state index in [1.165, 1.54) is 0 Å². The van der Waals surface area contributed by atoms with Crippen molar-refractivity contribution in [2.24, 2.45) is 5.92 Å². The van der Waals surface area contributed by atoms with Crippen LogP contribution < -0.4 is 4.74 Å². The normalized spacial score (nSPS) is 11.3. The van der Waals surface area contributed by atoms with Gasteiger partial charge in [0.2, 0.25) is 0 Å². The summed E-state index contributed by atoms with van der Waals surface area (Å²) in [6.07, 6.45) is 8.14. The number of aromatic nitrogens is 1. The fourth-order valence-electron chi connectivity index (χ4n) is 5.25. The number of benzene rings is 2. The molecule has 2 aromatic carbocycles. The van der Waals surface area contributed by atoms with E-state index in [2.05, 4.69) is 13.8 Å². The molecule has 0 aliphatic rings. The number of pyridine rings is 1. The number of nitrogens with zero attached hydrogens (tertiary/aromatic N) is 1. The van der Waals surface area contributed by atoms with Crippen LogP contribution in [0.5, 0.6) is 5.75 Å². The van der Waals surface area contributed by atoms with Gasteiger partial charge in [0.25, 0.3) is 0 Å². The van der Waals surface area contributed by atoms with Crippen LogP contribution in [0.3, 0.4) is 0 Å². The van der Waals surface area contributed by atoms with Gasteiger partial charge in [0.05, 0.1) is 18.7 Å². The summed E-state index contributed by atoms with van der Waals surface area (Å²) < 4.78 is 27.3. The molecule has 0 aliphatic heterocycles. The molecule has 0 radical (unpaired) electrons. The maximum Gasteiger partial charge on any atom is 0.305 e. The van der Waals surface area contributed by atoms with Gasteiger partial charge in [-0.1, -0.05) is 32.0 Å². The maximum absolute atomic E-state index is 14.3. The molecule has 0 fully saturated rings. The van der Waals surface area contributed by atoms with E-state index in [-0.39, 0.29) is 17.6 Å². The van der Waals surface area contributed by atoms with Gasteiger partial charge in [0.1, 0.15) is 11.6 Å². The Morgan fingerprint density at radius 3 is 2.45 bits per heavy atom. The second kappa shape index (κ2) is 15.3. The van der Waals surface area contributed by atoms with Crippen molar-refractivity contribution in [2.45, 2.75) is 72.1 Å². The maximum atomic E-state index is 14.3. The highest BCUT2D eigenvalue weighted by atomic mass is 19.1. The average molecular weight is 572 g/mol. The third-order valence-corrected chi connectivity index (χ3v) is 7.36. The molecular formula is C36H42FNO4. The number of hydrogen-bond donors (Lipinski definition) is 0. The van der Waals surface area contributed by atoms with Gasteiger partial charge in [-0.25, -0.2) is 4.39 Å². The number of esters is 1. The van der Waals surface area contributed by atoms with E-state index in [0.717, 1.165) is 60.2 Å². The van der Waals surface area contributed by atoms with Crippen molar-refractivity contribution in [3.63, 3.8) is 0 Å². The molecular weight excluding hydrogens is 529 g/mol. The fraction of sp³-hybridized carbons (Fsp3) is 0.389. The summed E-state index contributed by atoms with van der Waals surface area (Å²) >= 11 is 0. The number of carbonyl (C=O) groups is 2. The second-order valence-electron chi connectivity index (χ2n) is 11.2. The zero-order valence-electron chi connectivity index (χ0n) is 25.0. The zero-order valence-corrected chi connectivity index (χ0v) is 25.0. The van der Waals surface area contributed by atoms with Crippen LogP contribution in [0.1, 0.15) is 85.6 Å². The van der Waals surface area contributed by atoms with E-state index in [1.54, 1.807) is 13.0 Å². The Balaban J connectivity index is 1.25. The minimum Gasteiger partial charge on any atom is -0.494 e. The molecule has 42 heavy (non-hydrogen) atoms. The molecule has 2 heterocycles. The van der Waals surface area contributed by atoms with Crippen LogP contribution in [0.25, 0.3) is 5.52 Å². The fourth-order valence-corrected chi connectivity index (χ4v) is 5.25. The molecule has 5 nitrogen and oxygen atoms in total. The van der Waals surface area contributed by atoms with Crippen molar-refractivity contribution >= 4 is 17.3 Å². The van der Waals surface area contributed by atoms with Gasteiger partial charge < -0.3 is 13.9 Å². The molecule has 222 valence electrons. The van der Waals surface area contributed by atoms with Gasteiger partial charge in [0, 0.05) is 29.4 Å². The highest BCUT2D eigenvalue weighted by molar-refractivity contribution is 6.13. The first-order chi connectivity index (χ1) is 20.4. The lowest BCUT2D eigenvalue weighted by atomic mass is 9.99. The van der Waals surface area contributed by atoms with E-state index >= 15 is 0 Å². The Morgan fingerprint density at radius 1 is 0.905 bits per heavy atom. The van der Waals surface area contributed by atoms with E-state index in [0.29, 0.717) is 49.5 Å². The van der Waals surface area contributed by atoms with E-state index in [4.69, 9.17) is 9.47 Å². The van der Waals surface area contributed by atoms with Crippen LogP contribution in [0.4, 0.5) is 4.39 Å². The molecule has 0 saturated carbocycles. The van der Waals surface area contributed by atoms with Crippen LogP contribution in [-0.2, 0) is 28.8 Å². The van der Waals surface area contributed by atoms with Crippen molar-refractivity contribution in [1.29, 1.82) is 0 Å². The summed E-state index contributed by atoms with van der Waals surface area (Å²) in [7, 11) is 0. The van der Waals surface area contributed by atoms with Gasteiger partial charge in [-0.3, -0.25) is 9.59 Å². The Hall–Kier alpha value is -3.93. The second-order valence-corrected chi connectivity index (χ2v) is 11.2. The Morgan fingerprint density at radius 2 is 1.71 bits per heavy atom. The topological polar surface area (TPSA) is 57.0 Å². The van der Waals surface area contributed by atoms with Crippen LogP contribution in [0.15, 0.2) is 72.9 Å². The van der Waals surface area contributed by atoms with E-state index in [9.17, 15) is 14.0 Å². The van der Waals surface area contributed by atoms with Gasteiger partial charge in [-0.15, -0.1) is 0 Å². The molecule has 6 heteroatoms.